The lowest BCUT2D eigenvalue weighted by molar-refractivity contribution is -0.142. The number of carbonyl (C=O) groups excluding carboxylic acids is 2. The molecule has 0 saturated carbocycles. The van der Waals surface area contributed by atoms with Gasteiger partial charge in [0, 0.05) is 11.1 Å². The third kappa shape index (κ3) is 5.41. The fourth-order valence-corrected chi connectivity index (χ4v) is 2.15. The number of carbonyl (C=O) groups is 2. The van der Waals surface area contributed by atoms with Crippen molar-refractivity contribution in [2.45, 2.75) is 13.3 Å². The summed E-state index contributed by atoms with van der Waals surface area (Å²) in [7, 11) is 0. The number of amides is 1. The molecule has 0 aromatic heterocycles. The van der Waals surface area contributed by atoms with Gasteiger partial charge in [0.2, 0.25) is 0 Å². The van der Waals surface area contributed by atoms with E-state index in [-0.39, 0.29) is 15.7 Å². The first-order valence-corrected chi connectivity index (χ1v) is 6.85. The average Bonchev–Trinajstić information content (AvgIpc) is 2.38. The van der Waals surface area contributed by atoms with Gasteiger partial charge in [-0.05, 0) is 18.6 Å². The Morgan fingerprint density at radius 3 is 2.40 bits per heavy atom. The van der Waals surface area contributed by atoms with Crippen LogP contribution >= 0.6 is 34.8 Å². The molecule has 1 rings (SSSR count). The second-order valence-electron chi connectivity index (χ2n) is 3.71. The number of ether oxygens (including phenoxy) is 1. The molecule has 0 atom stereocenters. The lowest BCUT2D eigenvalue weighted by atomic mass is 10.3. The van der Waals surface area contributed by atoms with Crippen molar-refractivity contribution in [3.8, 4) is 0 Å². The molecule has 0 aliphatic carbocycles. The SMILES string of the molecule is CC/C=C/C(=O)OCC(=O)Nc1c(Cl)cc(Cl)cc1Cl. The molecule has 0 spiro atoms. The van der Waals surface area contributed by atoms with Crippen LogP contribution in [0.1, 0.15) is 13.3 Å². The van der Waals surface area contributed by atoms with Gasteiger partial charge in [-0.25, -0.2) is 4.79 Å². The predicted octanol–water partition coefficient (Wildman–Crippen LogP) is 4.09. The number of allylic oxidation sites excluding steroid dienone is 1. The minimum Gasteiger partial charge on any atom is -0.452 e. The van der Waals surface area contributed by atoms with Crippen molar-refractivity contribution in [2.24, 2.45) is 0 Å². The Hall–Kier alpha value is -1.23. The minimum atomic E-state index is -0.588. The van der Waals surface area contributed by atoms with Crippen LogP contribution in [0.25, 0.3) is 0 Å². The molecule has 7 heteroatoms. The normalized spacial score (nSPS) is 10.6. The number of benzene rings is 1. The summed E-state index contributed by atoms with van der Waals surface area (Å²) >= 11 is 17.6. The summed E-state index contributed by atoms with van der Waals surface area (Å²) in [6, 6.07) is 2.89. The second kappa shape index (κ2) is 8.15. The molecule has 0 fully saturated rings. The maximum atomic E-state index is 11.6. The van der Waals surface area contributed by atoms with Gasteiger partial charge in [-0.1, -0.05) is 47.8 Å². The van der Waals surface area contributed by atoms with Gasteiger partial charge in [-0.3, -0.25) is 4.79 Å². The Labute approximate surface area is 131 Å². The lowest BCUT2D eigenvalue weighted by Crippen LogP contribution is -2.20. The average molecular weight is 337 g/mol. The summed E-state index contributed by atoms with van der Waals surface area (Å²) in [5.74, 6) is -1.13. The zero-order valence-electron chi connectivity index (χ0n) is 10.6. The van der Waals surface area contributed by atoms with Crippen LogP contribution in [-0.4, -0.2) is 18.5 Å². The summed E-state index contributed by atoms with van der Waals surface area (Å²) in [4.78, 5) is 22.8. The van der Waals surface area contributed by atoms with Crippen LogP contribution in [0.2, 0.25) is 15.1 Å². The van der Waals surface area contributed by atoms with Gasteiger partial charge in [-0.15, -0.1) is 0 Å². The van der Waals surface area contributed by atoms with E-state index in [1.807, 2.05) is 6.92 Å². The number of rotatable bonds is 5. The van der Waals surface area contributed by atoms with Crippen LogP contribution in [0.4, 0.5) is 5.69 Å². The molecule has 108 valence electrons. The van der Waals surface area contributed by atoms with Crippen molar-refractivity contribution in [3.05, 3.63) is 39.4 Å². The highest BCUT2D eigenvalue weighted by atomic mass is 35.5. The van der Waals surface area contributed by atoms with Crippen molar-refractivity contribution >= 4 is 52.4 Å². The molecule has 0 radical (unpaired) electrons. The van der Waals surface area contributed by atoms with E-state index in [0.29, 0.717) is 11.4 Å². The molecule has 0 aliphatic rings. The molecular weight excluding hydrogens is 325 g/mol. The van der Waals surface area contributed by atoms with Crippen LogP contribution in [-0.2, 0) is 14.3 Å². The van der Waals surface area contributed by atoms with Crippen LogP contribution in [0.3, 0.4) is 0 Å². The number of esters is 1. The van der Waals surface area contributed by atoms with E-state index >= 15 is 0 Å². The van der Waals surface area contributed by atoms with E-state index < -0.39 is 18.5 Å². The number of anilines is 1. The molecule has 4 nitrogen and oxygen atoms in total. The topological polar surface area (TPSA) is 55.4 Å². The fourth-order valence-electron chi connectivity index (χ4n) is 1.24. The largest absolute Gasteiger partial charge is 0.452 e. The van der Waals surface area contributed by atoms with Gasteiger partial charge in [0.15, 0.2) is 6.61 Å². The highest BCUT2D eigenvalue weighted by Gasteiger charge is 2.12. The smallest absolute Gasteiger partial charge is 0.330 e. The summed E-state index contributed by atoms with van der Waals surface area (Å²) < 4.78 is 4.73. The molecule has 0 unspecified atom stereocenters. The first kappa shape index (κ1) is 16.8. The summed E-state index contributed by atoms with van der Waals surface area (Å²) in [6.45, 7) is 1.45. The highest BCUT2D eigenvalue weighted by Crippen LogP contribution is 2.33. The number of hydrogen-bond donors (Lipinski definition) is 1. The summed E-state index contributed by atoms with van der Waals surface area (Å²) in [5.41, 5.74) is 0.225. The Morgan fingerprint density at radius 2 is 1.85 bits per heavy atom. The predicted molar refractivity (Wildman–Crippen MR) is 80.5 cm³/mol. The van der Waals surface area contributed by atoms with Crippen molar-refractivity contribution < 1.29 is 14.3 Å². The Bertz CT molecular complexity index is 521. The fraction of sp³-hybridized carbons (Fsp3) is 0.231. The van der Waals surface area contributed by atoms with E-state index in [0.717, 1.165) is 0 Å². The highest BCUT2D eigenvalue weighted by molar-refractivity contribution is 6.42. The van der Waals surface area contributed by atoms with Crippen LogP contribution in [0, 0.1) is 0 Å². The Morgan fingerprint density at radius 1 is 1.25 bits per heavy atom. The van der Waals surface area contributed by atoms with Crippen molar-refractivity contribution in [1.29, 1.82) is 0 Å². The number of nitrogens with one attached hydrogen (secondary N) is 1. The quantitative estimate of drug-likeness (QED) is 0.650. The zero-order valence-corrected chi connectivity index (χ0v) is 12.9. The van der Waals surface area contributed by atoms with E-state index in [2.05, 4.69) is 5.32 Å². The van der Waals surface area contributed by atoms with Gasteiger partial charge in [0.1, 0.15) is 0 Å². The van der Waals surface area contributed by atoms with Crippen molar-refractivity contribution in [2.75, 3.05) is 11.9 Å². The van der Waals surface area contributed by atoms with Gasteiger partial charge in [0.05, 0.1) is 15.7 Å². The minimum absolute atomic E-state index is 0.202. The van der Waals surface area contributed by atoms with Crippen LogP contribution in [0.15, 0.2) is 24.3 Å². The Balaban J connectivity index is 2.59. The summed E-state index contributed by atoms with van der Waals surface area (Å²) in [6.07, 6.45) is 3.60. The maximum Gasteiger partial charge on any atom is 0.330 e. The van der Waals surface area contributed by atoms with Crippen molar-refractivity contribution in [1.82, 2.24) is 0 Å². The van der Waals surface area contributed by atoms with Crippen LogP contribution in [0.5, 0.6) is 0 Å². The first-order valence-electron chi connectivity index (χ1n) is 5.71. The molecular formula is C13H12Cl3NO3. The van der Waals surface area contributed by atoms with Gasteiger partial charge < -0.3 is 10.1 Å². The maximum absolute atomic E-state index is 11.6. The third-order valence-electron chi connectivity index (χ3n) is 2.11. The molecule has 20 heavy (non-hydrogen) atoms. The monoisotopic (exact) mass is 335 g/mol. The van der Waals surface area contributed by atoms with E-state index in [1.165, 1.54) is 18.2 Å². The van der Waals surface area contributed by atoms with E-state index in [9.17, 15) is 9.59 Å². The number of hydrogen-bond acceptors (Lipinski definition) is 3. The van der Waals surface area contributed by atoms with Gasteiger partial charge >= 0.3 is 5.97 Å². The molecule has 1 amide bonds. The molecule has 0 aliphatic heterocycles. The third-order valence-corrected chi connectivity index (χ3v) is 2.92. The zero-order chi connectivity index (χ0) is 15.1. The Kier molecular flexibility index (Phi) is 6.85. The molecule has 0 heterocycles. The van der Waals surface area contributed by atoms with Crippen molar-refractivity contribution in [3.63, 3.8) is 0 Å². The summed E-state index contributed by atoms with van der Waals surface area (Å²) in [5, 5.41) is 3.21. The second-order valence-corrected chi connectivity index (χ2v) is 4.96. The molecule has 1 aromatic carbocycles. The molecule has 0 bridgehead atoms. The molecule has 1 aromatic rings. The van der Waals surface area contributed by atoms with E-state index in [4.69, 9.17) is 39.5 Å². The van der Waals surface area contributed by atoms with Gasteiger partial charge in [-0.2, -0.15) is 0 Å². The van der Waals surface area contributed by atoms with Gasteiger partial charge in [0.25, 0.3) is 5.91 Å². The molecule has 1 N–H and O–H groups in total. The van der Waals surface area contributed by atoms with E-state index in [1.54, 1.807) is 6.08 Å². The standard InChI is InChI=1S/C13H12Cl3NO3/c1-2-3-4-12(19)20-7-11(18)17-13-9(15)5-8(14)6-10(13)16/h3-6H,2,7H2,1H3,(H,17,18)/b4-3+. The lowest BCUT2D eigenvalue weighted by Gasteiger charge is -2.09. The van der Waals surface area contributed by atoms with Crippen LogP contribution < -0.4 is 5.32 Å². The molecule has 0 saturated heterocycles. The number of halogens is 3. The first-order chi connectivity index (χ1) is 9.43.